The predicted octanol–water partition coefficient (Wildman–Crippen LogP) is 1.64. The Kier molecular flexibility index (Phi) is 3.74. The first-order chi connectivity index (χ1) is 9.11. The van der Waals surface area contributed by atoms with Gasteiger partial charge in [-0.2, -0.15) is 5.10 Å². The number of anilines is 2. The molecule has 2 N–H and O–H groups in total. The highest BCUT2D eigenvalue weighted by Crippen LogP contribution is 2.16. The molecule has 0 saturated heterocycles. The van der Waals surface area contributed by atoms with E-state index in [1.54, 1.807) is 17.9 Å². The molecule has 0 fully saturated rings. The molecule has 100 valence electrons. The number of halogens is 1. The second-order valence-corrected chi connectivity index (χ2v) is 3.91. The minimum absolute atomic E-state index is 0.0604. The summed E-state index contributed by atoms with van der Waals surface area (Å²) in [7, 11) is 1.73. The van der Waals surface area contributed by atoms with Gasteiger partial charge in [0.15, 0.2) is 11.6 Å². The van der Waals surface area contributed by atoms with E-state index in [-0.39, 0.29) is 11.4 Å². The van der Waals surface area contributed by atoms with Crippen LogP contribution < -0.4 is 10.6 Å². The van der Waals surface area contributed by atoms with E-state index in [1.807, 2.05) is 6.92 Å². The lowest BCUT2D eigenvalue weighted by Gasteiger charge is -2.07. The van der Waals surface area contributed by atoms with E-state index in [0.717, 1.165) is 0 Å². The topological polar surface area (TPSA) is 71.8 Å². The third-order valence-electron chi connectivity index (χ3n) is 2.44. The van der Waals surface area contributed by atoms with Gasteiger partial charge in [-0.25, -0.2) is 9.37 Å². The van der Waals surface area contributed by atoms with Gasteiger partial charge in [0, 0.05) is 26.0 Å². The highest BCUT2D eigenvalue weighted by molar-refractivity contribution is 6.04. The normalized spacial score (nSPS) is 10.3. The lowest BCUT2D eigenvalue weighted by molar-refractivity contribution is 0.102. The number of nitrogens with one attached hydrogen (secondary N) is 2. The lowest BCUT2D eigenvalue weighted by atomic mass is 10.2. The number of aryl methyl sites for hydroxylation is 1. The molecule has 7 heteroatoms. The Morgan fingerprint density at radius 3 is 2.95 bits per heavy atom. The molecule has 2 aromatic heterocycles. The summed E-state index contributed by atoms with van der Waals surface area (Å²) in [6.45, 7) is 2.35. The Hall–Kier alpha value is -2.44. The predicted molar refractivity (Wildman–Crippen MR) is 69.5 cm³/mol. The van der Waals surface area contributed by atoms with Crippen LogP contribution in [0.5, 0.6) is 0 Å². The molecule has 19 heavy (non-hydrogen) atoms. The highest BCUT2D eigenvalue weighted by atomic mass is 19.1. The molecule has 0 aromatic carbocycles. The quantitative estimate of drug-likeness (QED) is 0.879. The van der Waals surface area contributed by atoms with Crippen LogP contribution in [-0.2, 0) is 7.05 Å². The number of hydrogen-bond donors (Lipinski definition) is 2. The van der Waals surface area contributed by atoms with Crippen LogP contribution in [-0.4, -0.2) is 27.2 Å². The zero-order chi connectivity index (χ0) is 13.8. The molecule has 0 atom stereocenters. The summed E-state index contributed by atoms with van der Waals surface area (Å²) in [5.74, 6) is -1.13. The van der Waals surface area contributed by atoms with E-state index in [0.29, 0.717) is 12.2 Å². The van der Waals surface area contributed by atoms with Crippen LogP contribution >= 0.6 is 0 Å². The van der Waals surface area contributed by atoms with Gasteiger partial charge in [0.1, 0.15) is 0 Å². The van der Waals surface area contributed by atoms with Crippen molar-refractivity contribution < 1.29 is 9.18 Å². The van der Waals surface area contributed by atoms with Crippen LogP contribution in [0.2, 0.25) is 0 Å². The second kappa shape index (κ2) is 5.47. The van der Waals surface area contributed by atoms with Crippen LogP contribution in [0.4, 0.5) is 15.9 Å². The first-order valence-electron chi connectivity index (χ1n) is 5.80. The molecule has 0 spiro atoms. The van der Waals surface area contributed by atoms with Gasteiger partial charge in [0.2, 0.25) is 0 Å². The van der Waals surface area contributed by atoms with Crippen LogP contribution in [0, 0.1) is 5.82 Å². The first kappa shape index (κ1) is 13.0. The van der Waals surface area contributed by atoms with E-state index in [2.05, 4.69) is 20.7 Å². The maximum absolute atomic E-state index is 14.0. The Balaban J connectivity index is 2.21. The van der Waals surface area contributed by atoms with Crippen LogP contribution in [0.3, 0.4) is 0 Å². The van der Waals surface area contributed by atoms with Crippen LogP contribution in [0.25, 0.3) is 0 Å². The lowest BCUT2D eigenvalue weighted by Crippen LogP contribution is -2.15. The minimum atomic E-state index is -0.661. The summed E-state index contributed by atoms with van der Waals surface area (Å²) in [6, 6.07) is 1.34. The molecule has 6 nitrogen and oxygen atoms in total. The number of pyridine rings is 1. The molecule has 0 aliphatic carbocycles. The fourth-order valence-corrected chi connectivity index (χ4v) is 1.59. The summed E-state index contributed by atoms with van der Waals surface area (Å²) >= 11 is 0. The van der Waals surface area contributed by atoms with Crippen molar-refractivity contribution in [3.63, 3.8) is 0 Å². The van der Waals surface area contributed by atoms with Crippen molar-refractivity contribution in [3.8, 4) is 0 Å². The van der Waals surface area contributed by atoms with E-state index in [9.17, 15) is 9.18 Å². The van der Waals surface area contributed by atoms with Gasteiger partial charge < -0.3 is 10.6 Å². The number of aromatic nitrogens is 3. The van der Waals surface area contributed by atoms with Gasteiger partial charge in [0.05, 0.1) is 17.4 Å². The highest BCUT2D eigenvalue weighted by Gasteiger charge is 2.16. The van der Waals surface area contributed by atoms with Crippen molar-refractivity contribution in [1.29, 1.82) is 0 Å². The Labute approximate surface area is 109 Å². The van der Waals surface area contributed by atoms with Gasteiger partial charge in [-0.3, -0.25) is 9.48 Å². The third-order valence-corrected chi connectivity index (χ3v) is 2.44. The van der Waals surface area contributed by atoms with Crippen LogP contribution in [0.1, 0.15) is 17.3 Å². The first-order valence-corrected chi connectivity index (χ1v) is 5.80. The van der Waals surface area contributed by atoms with Gasteiger partial charge in [-0.15, -0.1) is 0 Å². The van der Waals surface area contributed by atoms with Crippen molar-refractivity contribution in [1.82, 2.24) is 14.8 Å². The fourth-order valence-electron chi connectivity index (χ4n) is 1.59. The number of amides is 1. The SMILES string of the molecule is CCNc1nccc(C(=O)Nc2cnn(C)c2)c1F. The summed E-state index contributed by atoms with van der Waals surface area (Å²) in [5, 5.41) is 9.24. The molecule has 0 aliphatic heterocycles. The third kappa shape index (κ3) is 2.87. The van der Waals surface area contributed by atoms with Crippen molar-refractivity contribution in [3.05, 3.63) is 36.0 Å². The Bertz CT molecular complexity index is 596. The minimum Gasteiger partial charge on any atom is -0.368 e. The van der Waals surface area contributed by atoms with Gasteiger partial charge in [-0.05, 0) is 13.0 Å². The molecule has 1 amide bonds. The van der Waals surface area contributed by atoms with Crippen molar-refractivity contribution >= 4 is 17.4 Å². The molecule has 0 bridgehead atoms. The molecule has 0 aliphatic rings. The summed E-state index contributed by atoms with van der Waals surface area (Å²) in [4.78, 5) is 15.8. The molecule has 0 saturated carbocycles. The number of rotatable bonds is 4. The maximum Gasteiger partial charge on any atom is 0.258 e. The molecular formula is C12H14FN5O. The van der Waals surface area contributed by atoms with Crippen molar-refractivity contribution in [2.45, 2.75) is 6.92 Å². The summed E-state index contributed by atoms with van der Waals surface area (Å²) in [5.41, 5.74) is 0.448. The molecule has 0 radical (unpaired) electrons. The van der Waals surface area contributed by atoms with E-state index in [1.165, 1.54) is 18.5 Å². The maximum atomic E-state index is 14.0. The standard InChI is InChI=1S/C12H14FN5O/c1-3-14-11-10(13)9(4-5-15-11)12(19)17-8-6-16-18(2)7-8/h4-7H,3H2,1-2H3,(H,14,15)(H,17,19). The zero-order valence-electron chi connectivity index (χ0n) is 10.6. The number of nitrogens with zero attached hydrogens (tertiary/aromatic N) is 3. The smallest absolute Gasteiger partial charge is 0.258 e. The monoisotopic (exact) mass is 263 g/mol. The molecule has 2 rings (SSSR count). The van der Waals surface area contributed by atoms with Crippen LogP contribution in [0.15, 0.2) is 24.7 Å². The van der Waals surface area contributed by atoms with Gasteiger partial charge >= 0.3 is 0 Å². The van der Waals surface area contributed by atoms with E-state index >= 15 is 0 Å². The Morgan fingerprint density at radius 1 is 1.53 bits per heavy atom. The molecular weight excluding hydrogens is 249 g/mol. The van der Waals surface area contributed by atoms with Gasteiger partial charge in [0.25, 0.3) is 5.91 Å². The zero-order valence-corrected chi connectivity index (χ0v) is 10.6. The molecule has 0 unspecified atom stereocenters. The fraction of sp³-hybridized carbons (Fsp3) is 0.250. The summed E-state index contributed by atoms with van der Waals surface area (Å²) in [6.07, 6.45) is 4.50. The average molecular weight is 263 g/mol. The average Bonchev–Trinajstić information content (AvgIpc) is 2.77. The van der Waals surface area contributed by atoms with Crippen molar-refractivity contribution in [2.75, 3.05) is 17.2 Å². The van der Waals surface area contributed by atoms with E-state index < -0.39 is 11.7 Å². The number of hydrogen-bond acceptors (Lipinski definition) is 4. The summed E-state index contributed by atoms with van der Waals surface area (Å²) < 4.78 is 15.6. The second-order valence-electron chi connectivity index (χ2n) is 3.91. The number of carbonyl (C=O) groups is 1. The molecule has 2 aromatic rings. The number of carbonyl (C=O) groups excluding carboxylic acids is 1. The molecule has 2 heterocycles. The van der Waals surface area contributed by atoms with Gasteiger partial charge in [-0.1, -0.05) is 0 Å². The van der Waals surface area contributed by atoms with Crippen molar-refractivity contribution in [2.24, 2.45) is 7.05 Å². The Morgan fingerprint density at radius 2 is 2.32 bits per heavy atom. The van der Waals surface area contributed by atoms with E-state index in [4.69, 9.17) is 0 Å². The largest absolute Gasteiger partial charge is 0.368 e.